The van der Waals surface area contributed by atoms with E-state index in [1.807, 2.05) is 0 Å². The zero-order chi connectivity index (χ0) is 12.6. The van der Waals surface area contributed by atoms with Gasteiger partial charge in [-0.3, -0.25) is 4.90 Å². The molecule has 0 aromatic heterocycles. The Hall–Kier alpha value is -0.480. The van der Waals surface area contributed by atoms with Gasteiger partial charge < -0.3 is 0 Å². The summed E-state index contributed by atoms with van der Waals surface area (Å²) in [6, 6.07) is 2.71. The van der Waals surface area contributed by atoms with E-state index in [-0.39, 0.29) is 11.0 Å². The maximum atomic E-state index is 13.8. The summed E-state index contributed by atoms with van der Waals surface area (Å²) in [4.78, 5) is 2.11. The van der Waals surface area contributed by atoms with Crippen molar-refractivity contribution in [1.82, 2.24) is 4.90 Å². The first kappa shape index (κ1) is 13.0. The fourth-order valence-corrected chi connectivity index (χ4v) is 2.67. The first-order valence-corrected chi connectivity index (χ1v) is 6.53. The zero-order valence-electron chi connectivity index (χ0n) is 10.1. The molecule has 1 aliphatic heterocycles. The van der Waals surface area contributed by atoms with Crippen LogP contribution in [0.25, 0.3) is 0 Å². The second-order valence-electron chi connectivity index (χ2n) is 5.45. The highest BCUT2D eigenvalue weighted by molar-refractivity contribution is 9.10. The molecule has 1 aromatic rings. The van der Waals surface area contributed by atoms with E-state index >= 15 is 0 Å². The molecule has 1 aromatic carbocycles. The summed E-state index contributed by atoms with van der Waals surface area (Å²) in [7, 11) is 0. The normalized spacial score (nSPS) is 19.8. The third-order valence-electron chi connectivity index (χ3n) is 3.28. The van der Waals surface area contributed by atoms with Crippen LogP contribution in [0.2, 0.25) is 0 Å². The average Bonchev–Trinajstić information content (AvgIpc) is 2.59. The van der Waals surface area contributed by atoms with E-state index < -0.39 is 11.6 Å². The van der Waals surface area contributed by atoms with Gasteiger partial charge in [-0.25, -0.2) is 8.78 Å². The van der Waals surface area contributed by atoms with Gasteiger partial charge in [-0.05, 0) is 46.4 Å². The molecule has 0 radical (unpaired) electrons. The van der Waals surface area contributed by atoms with Crippen LogP contribution < -0.4 is 0 Å². The third kappa shape index (κ3) is 2.86. The maximum absolute atomic E-state index is 13.8. The monoisotopic (exact) mass is 303 g/mol. The van der Waals surface area contributed by atoms with E-state index in [1.54, 1.807) is 0 Å². The molecule has 0 spiro atoms. The second-order valence-corrected chi connectivity index (χ2v) is 6.30. The highest BCUT2D eigenvalue weighted by Gasteiger charge is 2.30. The topological polar surface area (TPSA) is 3.24 Å². The highest BCUT2D eigenvalue weighted by atomic mass is 79.9. The van der Waals surface area contributed by atoms with Crippen LogP contribution in [-0.2, 0) is 6.54 Å². The Morgan fingerprint density at radius 2 is 2.06 bits per heavy atom. The van der Waals surface area contributed by atoms with Crippen molar-refractivity contribution in [2.75, 3.05) is 13.1 Å². The summed E-state index contributed by atoms with van der Waals surface area (Å²) in [5.74, 6) is -0.940. The Morgan fingerprint density at radius 3 is 2.65 bits per heavy atom. The minimum atomic E-state index is -0.477. The minimum absolute atomic E-state index is 0.164. The van der Waals surface area contributed by atoms with Crippen LogP contribution in [0.1, 0.15) is 25.8 Å². The number of hydrogen-bond donors (Lipinski definition) is 0. The van der Waals surface area contributed by atoms with Gasteiger partial charge in [0.05, 0.1) is 4.47 Å². The van der Waals surface area contributed by atoms with Gasteiger partial charge in [-0.2, -0.15) is 0 Å². The van der Waals surface area contributed by atoms with Crippen molar-refractivity contribution >= 4 is 15.9 Å². The summed E-state index contributed by atoms with van der Waals surface area (Å²) in [5, 5.41) is 0. The summed E-state index contributed by atoms with van der Waals surface area (Å²) in [5.41, 5.74) is 0.413. The molecule has 1 heterocycles. The van der Waals surface area contributed by atoms with Crippen molar-refractivity contribution in [3.8, 4) is 0 Å². The predicted octanol–water partition coefficient (Wildman–Crippen LogP) is 3.96. The first-order valence-electron chi connectivity index (χ1n) is 5.74. The number of nitrogens with zero attached hydrogens (tertiary/aromatic N) is 1. The number of hydrogen-bond acceptors (Lipinski definition) is 1. The molecule has 1 nitrogen and oxygen atoms in total. The van der Waals surface area contributed by atoms with E-state index in [4.69, 9.17) is 0 Å². The molecule has 0 unspecified atom stereocenters. The molecule has 0 N–H and O–H groups in total. The van der Waals surface area contributed by atoms with Gasteiger partial charge in [-0.1, -0.05) is 13.8 Å². The Labute approximate surface area is 109 Å². The van der Waals surface area contributed by atoms with Crippen LogP contribution in [0.15, 0.2) is 16.6 Å². The lowest BCUT2D eigenvalue weighted by molar-refractivity contribution is 0.276. The van der Waals surface area contributed by atoms with Crippen LogP contribution in [0.5, 0.6) is 0 Å². The lowest BCUT2D eigenvalue weighted by Crippen LogP contribution is -2.24. The molecule has 0 saturated carbocycles. The van der Waals surface area contributed by atoms with Gasteiger partial charge in [0, 0.05) is 18.7 Å². The fraction of sp³-hybridized carbons (Fsp3) is 0.538. The number of benzene rings is 1. The molecule has 1 saturated heterocycles. The van der Waals surface area contributed by atoms with Gasteiger partial charge in [-0.15, -0.1) is 0 Å². The Balaban J connectivity index is 2.17. The van der Waals surface area contributed by atoms with E-state index in [2.05, 4.69) is 34.7 Å². The third-order valence-corrected chi connectivity index (χ3v) is 3.89. The summed E-state index contributed by atoms with van der Waals surface area (Å²) in [6.07, 6.45) is 1.07. The Kier molecular flexibility index (Phi) is 3.55. The van der Waals surface area contributed by atoms with Crippen molar-refractivity contribution in [1.29, 1.82) is 0 Å². The van der Waals surface area contributed by atoms with Gasteiger partial charge in [0.15, 0.2) is 0 Å². The molecular weight excluding hydrogens is 288 g/mol. The van der Waals surface area contributed by atoms with Crippen LogP contribution in [-0.4, -0.2) is 18.0 Å². The molecule has 17 heavy (non-hydrogen) atoms. The summed E-state index contributed by atoms with van der Waals surface area (Å²) < 4.78 is 27.7. The molecule has 2 rings (SSSR count). The van der Waals surface area contributed by atoms with Crippen LogP contribution in [0.3, 0.4) is 0 Å². The van der Waals surface area contributed by atoms with Gasteiger partial charge in [0.25, 0.3) is 0 Å². The molecule has 0 aliphatic carbocycles. The lowest BCUT2D eigenvalue weighted by atomic mass is 9.93. The minimum Gasteiger partial charge on any atom is -0.298 e. The van der Waals surface area contributed by atoms with Crippen LogP contribution in [0.4, 0.5) is 8.78 Å². The Morgan fingerprint density at radius 1 is 1.35 bits per heavy atom. The molecule has 1 fully saturated rings. The molecule has 94 valence electrons. The van der Waals surface area contributed by atoms with Crippen LogP contribution >= 0.6 is 15.9 Å². The molecule has 1 aliphatic rings. The second kappa shape index (κ2) is 4.65. The smallest absolute Gasteiger partial charge is 0.144 e. The van der Waals surface area contributed by atoms with Crippen molar-refractivity contribution in [3.05, 3.63) is 33.8 Å². The van der Waals surface area contributed by atoms with Crippen molar-refractivity contribution in [2.45, 2.75) is 26.8 Å². The first-order chi connectivity index (χ1) is 7.89. The maximum Gasteiger partial charge on any atom is 0.144 e. The van der Waals surface area contributed by atoms with E-state index in [0.29, 0.717) is 11.0 Å². The molecule has 0 bridgehead atoms. The van der Waals surface area contributed by atoms with Crippen LogP contribution in [0, 0.1) is 17.0 Å². The van der Waals surface area contributed by atoms with E-state index in [0.717, 1.165) is 19.5 Å². The summed E-state index contributed by atoms with van der Waals surface area (Å²) >= 11 is 3.09. The van der Waals surface area contributed by atoms with E-state index in [1.165, 1.54) is 12.1 Å². The summed E-state index contributed by atoms with van der Waals surface area (Å²) in [6.45, 7) is 6.50. The largest absolute Gasteiger partial charge is 0.298 e. The predicted molar refractivity (Wildman–Crippen MR) is 67.7 cm³/mol. The highest BCUT2D eigenvalue weighted by Crippen LogP contribution is 2.31. The number of halogens is 3. The molecular formula is C13H16BrF2N. The molecule has 0 atom stereocenters. The zero-order valence-corrected chi connectivity index (χ0v) is 11.7. The Bertz CT molecular complexity index is 432. The molecule has 0 amide bonds. The average molecular weight is 304 g/mol. The van der Waals surface area contributed by atoms with Crippen molar-refractivity contribution in [2.24, 2.45) is 5.41 Å². The molecule has 4 heteroatoms. The number of likely N-dealkylation sites (tertiary alicyclic amines) is 1. The fourth-order valence-electron chi connectivity index (χ4n) is 2.30. The van der Waals surface area contributed by atoms with Gasteiger partial charge >= 0.3 is 0 Å². The standard InChI is InChI=1S/C13H16BrF2N/c1-13(2)5-6-17(8-13)7-9-11(15)4-3-10(14)12(9)16/h3-4H,5-8H2,1-2H3. The van der Waals surface area contributed by atoms with E-state index in [9.17, 15) is 8.78 Å². The van der Waals surface area contributed by atoms with Gasteiger partial charge in [0.2, 0.25) is 0 Å². The van der Waals surface area contributed by atoms with Crippen molar-refractivity contribution in [3.63, 3.8) is 0 Å². The number of rotatable bonds is 2. The lowest BCUT2D eigenvalue weighted by Gasteiger charge is -2.20. The van der Waals surface area contributed by atoms with Crippen molar-refractivity contribution < 1.29 is 8.78 Å². The SMILES string of the molecule is CC1(C)CCN(Cc2c(F)ccc(Br)c2F)C1. The van der Waals surface area contributed by atoms with Gasteiger partial charge in [0.1, 0.15) is 11.6 Å². The quantitative estimate of drug-likeness (QED) is 0.748.